The fourth-order valence-electron chi connectivity index (χ4n) is 5.94. The van der Waals surface area contributed by atoms with Gasteiger partial charge in [0, 0.05) is 16.3 Å². The quantitative estimate of drug-likeness (QED) is 0.219. The Morgan fingerprint density at radius 3 is 1.79 bits per heavy atom. The minimum Gasteiger partial charge on any atom is -0.455 e. The van der Waals surface area contributed by atoms with Crippen LogP contribution in [0.25, 0.3) is 66.5 Å². The van der Waals surface area contributed by atoms with Crippen LogP contribution in [0, 0.1) is 0 Å². The third-order valence-corrected chi connectivity index (χ3v) is 8.03. The highest BCUT2D eigenvalue weighted by Gasteiger charge is 2.17. The van der Waals surface area contributed by atoms with Gasteiger partial charge in [-0.1, -0.05) is 103 Å². The number of hydrogen-bond donors (Lipinski definition) is 0. The van der Waals surface area contributed by atoms with E-state index >= 15 is 0 Å². The van der Waals surface area contributed by atoms with Crippen molar-refractivity contribution in [3.63, 3.8) is 0 Å². The molecule has 5 heteroatoms. The van der Waals surface area contributed by atoms with Gasteiger partial charge < -0.3 is 4.42 Å². The van der Waals surface area contributed by atoms with Crippen molar-refractivity contribution in [2.45, 2.75) is 0 Å². The second kappa shape index (κ2) is 9.86. The van der Waals surface area contributed by atoms with Gasteiger partial charge in [-0.15, -0.1) is 0 Å². The third kappa shape index (κ3) is 4.02. The minimum absolute atomic E-state index is 0.350. The average Bonchev–Trinajstić information content (AvgIpc) is 3.45. The van der Waals surface area contributed by atoms with Crippen LogP contribution in [0.2, 0.25) is 0 Å². The van der Waals surface area contributed by atoms with Gasteiger partial charge in [0.05, 0.1) is 22.3 Å². The Balaban J connectivity index is 1.27. The molecular weight excluding hydrogens is 532 g/mol. The van der Waals surface area contributed by atoms with E-state index in [0.29, 0.717) is 22.3 Å². The van der Waals surface area contributed by atoms with Gasteiger partial charge >= 0.3 is 5.69 Å². The standard InChI is InChI=1S/C38H24N2O3/c41-37-33-12-4-6-15-34(33)39(38(42)40(37)29-21-17-26(18-22-29)25-9-2-1-3-10-25)28-23-19-27(20-24-28)30-13-8-14-32-31-11-5-7-16-35(31)43-36(30)32/h1-24H. The van der Waals surface area contributed by atoms with Crippen LogP contribution in [0.3, 0.4) is 0 Å². The van der Waals surface area contributed by atoms with E-state index in [-0.39, 0.29) is 5.56 Å². The van der Waals surface area contributed by atoms with Gasteiger partial charge in [-0.05, 0) is 59.2 Å². The summed E-state index contributed by atoms with van der Waals surface area (Å²) in [7, 11) is 0. The van der Waals surface area contributed by atoms with Gasteiger partial charge in [-0.3, -0.25) is 9.36 Å². The van der Waals surface area contributed by atoms with Crippen molar-refractivity contribution in [2.75, 3.05) is 0 Å². The van der Waals surface area contributed by atoms with Crippen LogP contribution in [0.1, 0.15) is 0 Å². The van der Waals surface area contributed by atoms with Crippen LogP contribution in [0.4, 0.5) is 0 Å². The SMILES string of the molecule is O=c1c2ccccc2n(-c2ccc(-c3cccc4c3oc3ccccc34)cc2)c(=O)n1-c1ccc(-c2ccccc2)cc1. The van der Waals surface area contributed by atoms with Gasteiger partial charge in [0.2, 0.25) is 0 Å². The second-order valence-electron chi connectivity index (χ2n) is 10.5. The molecule has 0 fully saturated rings. The maximum absolute atomic E-state index is 14.1. The molecule has 2 heterocycles. The zero-order chi connectivity index (χ0) is 28.9. The molecule has 0 atom stereocenters. The predicted octanol–water partition coefficient (Wildman–Crippen LogP) is 8.38. The first-order valence-electron chi connectivity index (χ1n) is 14.1. The molecule has 204 valence electrons. The normalized spacial score (nSPS) is 11.4. The molecule has 6 aromatic carbocycles. The van der Waals surface area contributed by atoms with E-state index in [4.69, 9.17) is 4.42 Å². The molecule has 0 saturated carbocycles. The Hall–Kier alpha value is -5.94. The molecule has 0 N–H and O–H groups in total. The molecule has 0 aliphatic rings. The summed E-state index contributed by atoms with van der Waals surface area (Å²) in [5.41, 5.74) is 6.65. The second-order valence-corrected chi connectivity index (χ2v) is 10.5. The van der Waals surface area contributed by atoms with E-state index in [2.05, 4.69) is 12.1 Å². The third-order valence-electron chi connectivity index (χ3n) is 8.03. The summed E-state index contributed by atoms with van der Waals surface area (Å²) in [6.07, 6.45) is 0. The average molecular weight is 557 g/mol. The number of furan rings is 1. The van der Waals surface area contributed by atoms with Crippen molar-refractivity contribution < 1.29 is 4.42 Å². The van der Waals surface area contributed by atoms with Crippen molar-refractivity contribution in [2.24, 2.45) is 0 Å². The maximum atomic E-state index is 14.1. The number of aromatic nitrogens is 2. The fourth-order valence-corrected chi connectivity index (χ4v) is 5.94. The largest absolute Gasteiger partial charge is 0.455 e. The highest BCUT2D eigenvalue weighted by atomic mass is 16.3. The molecule has 0 amide bonds. The Morgan fingerprint density at radius 1 is 0.442 bits per heavy atom. The van der Waals surface area contributed by atoms with Gasteiger partial charge in [0.1, 0.15) is 11.2 Å². The zero-order valence-electron chi connectivity index (χ0n) is 23.0. The van der Waals surface area contributed by atoms with Crippen LogP contribution >= 0.6 is 0 Å². The van der Waals surface area contributed by atoms with Crippen molar-refractivity contribution in [1.29, 1.82) is 0 Å². The molecule has 0 saturated heterocycles. The first-order valence-corrected chi connectivity index (χ1v) is 14.1. The number of para-hydroxylation sites is 3. The highest BCUT2D eigenvalue weighted by Crippen LogP contribution is 2.36. The number of fused-ring (bicyclic) bond motifs is 4. The summed E-state index contributed by atoms with van der Waals surface area (Å²) >= 11 is 0. The monoisotopic (exact) mass is 556 g/mol. The number of benzene rings is 6. The van der Waals surface area contributed by atoms with Crippen molar-refractivity contribution >= 4 is 32.8 Å². The molecule has 0 bridgehead atoms. The zero-order valence-corrected chi connectivity index (χ0v) is 23.0. The molecule has 8 rings (SSSR count). The van der Waals surface area contributed by atoms with E-state index in [1.54, 1.807) is 10.6 Å². The lowest BCUT2D eigenvalue weighted by Crippen LogP contribution is -2.38. The summed E-state index contributed by atoms with van der Waals surface area (Å²) in [5.74, 6) is 0. The lowest BCUT2D eigenvalue weighted by molar-refractivity contribution is 0.670. The van der Waals surface area contributed by atoms with Crippen LogP contribution in [0.15, 0.2) is 160 Å². The Kier molecular flexibility index (Phi) is 5.69. The molecular formula is C38H24N2O3. The summed E-state index contributed by atoms with van der Waals surface area (Å²) < 4.78 is 9.11. The lowest BCUT2D eigenvalue weighted by Gasteiger charge is -2.15. The molecule has 0 spiro atoms. The van der Waals surface area contributed by atoms with Crippen LogP contribution in [-0.2, 0) is 0 Å². The van der Waals surface area contributed by atoms with Gasteiger partial charge in [0.15, 0.2) is 0 Å². The molecule has 8 aromatic rings. The summed E-state index contributed by atoms with van der Waals surface area (Å²) in [6.45, 7) is 0. The van der Waals surface area contributed by atoms with Crippen LogP contribution in [0.5, 0.6) is 0 Å². The predicted molar refractivity (Wildman–Crippen MR) is 173 cm³/mol. The fraction of sp³-hybridized carbons (Fsp3) is 0. The Labute approximate surface area is 246 Å². The Morgan fingerprint density at radius 2 is 1.02 bits per heavy atom. The van der Waals surface area contributed by atoms with E-state index in [9.17, 15) is 9.59 Å². The highest BCUT2D eigenvalue weighted by molar-refractivity contribution is 6.09. The molecule has 0 aliphatic heterocycles. The summed E-state index contributed by atoms with van der Waals surface area (Å²) in [5, 5.41) is 2.60. The van der Waals surface area contributed by atoms with Gasteiger partial charge in [-0.25, -0.2) is 9.36 Å². The molecule has 5 nitrogen and oxygen atoms in total. The molecule has 43 heavy (non-hydrogen) atoms. The topological polar surface area (TPSA) is 57.1 Å². The van der Waals surface area contributed by atoms with Gasteiger partial charge in [-0.2, -0.15) is 0 Å². The smallest absolute Gasteiger partial charge is 0.340 e. The van der Waals surface area contributed by atoms with Crippen molar-refractivity contribution in [1.82, 2.24) is 9.13 Å². The summed E-state index contributed by atoms with van der Waals surface area (Å²) in [6, 6.07) is 46.7. The molecule has 2 aromatic heterocycles. The van der Waals surface area contributed by atoms with E-state index in [1.807, 2.05) is 127 Å². The van der Waals surface area contributed by atoms with E-state index in [1.165, 1.54) is 4.57 Å². The van der Waals surface area contributed by atoms with Gasteiger partial charge in [0.25, 0.3) is 5.56 Å². The molecule has 0 unspecified atom stereocenters. The van der Waals surface area contributed by atoms with E-state index in [0.717, 1.165) is 44.2 Å². The van der Waals surface area contributed by atoms with E-state index < -0.39 is 5.69 Å². The van der Waals surface area contributed by atoms with Crippen molar-refractivity contribution in [3.05, 3.63) is 166 Å². The Bertz CT molecular complexity index is 2410. The van der Waals surface area contributed by atoms with Crippen LogP contribution < -0.4 is 11.2 Å². The first-order chi connectivity index (χ1) is 21.2. The first kappa shape index (κ1) is 24.8. The minimum atomic E-state index is -0.428. The van der Waals surface area contributed by atoms with Crippen LogP contribution in [-0.4, -0.2) is 9.13 Å². The number of nitrogens with zero attached hydrogens (tertiary/aromatic N) is 2. The molecule has 0 radical (unpaired) electrons. The van der Waals surface area contributed by atoms with Crippen molar-refractivity contribution in [3.8, 4) is 33.6 Å². The molecule has 0 aliphatic carbocycles. The summed E-state index contributed by atoms with van der Waals surface area (Å²) in [4.78, 5) is 27.8. The lowest BCUT2D eigenvalue weighted by atomic mass is 10.0. The maximum Gasteiger partial charge on any atom is 0.340 e. The number of hydrogen-bond acceptors (Lipinski definition) is 3. The number of rotatable bonds is 4.